The maximum atomic E-state index is 13.8. The summed E-state index contributed by atoms with van der Waals surface area (Å²) in [5.41, 5.74) is 1.46. The van der Waals surface area contributed by atoms with E-state index in [1.165, 1.54) is 0 Å². The second-order valence-electron chi connectivity index (χ2n) is 9.73. The second-order valence-corrected chi connectivity index (χ2v) is 9.73. The molecule has 2 aromatic rings. The van der Waals surface area contributed by atoms with Gasteiger partial charge in [-0.3, -0.25) is 14.6 Å². The van der Waals surface area contributed by atoms with E-state index in [1.54, 1.807) is 12.4 Å². The van der Waals surface area contributed by atoms with Gasteiger partial charge in [-0.2, -0.15) is 0 Å². The average molecular weight is 422 g/mol. The number of carbonyl (C=O) groups excluding carboxylic acids is 2. The summed E-state index contributed by atoms with van der Waals surface area (Å²) in [6, 6.07) is 4.23. The Hall–Kier alpha value is -2.70. The van der Waals surface area contributed by atoms with Gasteiger partial charge < -0.3 is 14.4 Å². The zero-order valence-corrected chi connectivity index (χ0v) is 18.4. The highest BCUT2D eigenvalue weighted by molar-refractivity contribution is 5.89. The number of carbonyl (C=O) groups is 2. The number of pyridine rings is 1. The highest BCUT2D eigenvalue weighted by Gasteiger charge is 2.59. The van der Waals surface area contributed by atoms with E-state index in [-0.39, 0.29) is 23.7 Å². The summed E-state index contributed by atoms with van der Waals surface area (Å²) in [7, 11) is 0. The van der Waals surface area contributed by atoms with Crippen LogP contribution in [0, 0.1) is 11.3 Å². The Morgan fingerprint density at radius 2 is 2.03 bits per heavy atom. The number of hydrogen-bond donors (Lipinski definition) is 0. The minimum Gasteiger partial charge on any atom is -0.341 e. The third kappa shape index (κ3) is 3.44. The molecule has 1 saturated carbocycles. The largest absolute Gasteiger partial charge is 0.341 e. The van der Waals surface area contributed by atoms with Crippen molar-refractivity contribution in [2.45, 2.75) is 58.0 Å². The van der Waals surface area contributed by atoms with Crippen LogP contribution in [0.4, 0.5) is 0 Å². The van der Waals surface area contributed by atoms with Gasteiger partial charge in [0.25, 0.3) is 0 Å². The number of amides is 2. The maximum absolute atomic E-state index is 13.8. The molecule has 0 radical (unpaired) electrons. The fourth-order valence-electron chi connectivity index (χ4n) is 5.37. The van der Waals surface area contributed by atoms with Crippen molar-refractivity contribution in [3.63, 3.8) is 0 Å². The summed E-state index contributed by atoms with van der Waals surface area (Å²) in [6.45, 7) is 6.67. The molecule has 164 valence electrons. The minimum atomic E-state index is -0.567. The Labute approximate surface area is 183 Å². The maximum Gasteiger partial charge on any atom is 0.231 e. The van der Waals surface area contributed by atoms with Crippen LogP contribution >= 0.6 is 0 Å². The van der Waals surface area contributed by atoms with E-state index in [0.29, 0.717) is 32.2 Å². The molecule has 2 atom stereocenters. The van der Waals surface area contributed by atoms with Crippen LogP contribution in [0.3, 0.4) is 0 Å². The van der Waals surface area contributed by atoms with Gasteiger partial charge in [-0.05, 0) is 50.8 Å². The molecule has 7 nitrogen and oxygen atoms in total. The smallest absolute Gasteiger partial charge is 0.231 e. The topological polar surface area (TPSA) is 71.3 Å². The molecule has 2 aliphatic heterocycles. The van der Waals surface area contributed by atoms with Crippen LogP contribution in [0.25, 0.3) is 0 Å². The summed E-state index contributed by atoms with van der Waals surface area (Å²) < 4.78 is 2.09. The lowest BCUT2D eigenvalue weighted by molar-refractivity contribution is -0.139. The number of aromatic nitrogens is 3. The van der Waals surface area contributed by atoms with Crippen LogP contribution in [0.2, 0.25) is 0 Å². The number of rotatable bonds is 5. The Morgan fingerprint density at radius 1 is 1.26 bits per heavy atom. The molecule has 2 aromatic heterocycles. The van der Waals surface area contributed by atoms with Crippen molar-refractivity contribution in [3.05, 3.63) is 48.3 Å². The van der Waals surface area contributed by atoms with E-state index in [4.69, 9.17) is 4.98 Å². The van der Waals surface area contributed by atoms with E-state index in [1.807, 2.05) is 28.3 Å². The van der Waals surface area contributed by atoms with Crippen LogP contribution in [-0.2, 0) is 16.1 Å². The van der Waals surface area contributed by atoms with Gasteiger partial charge in [0.1, 0.15) is 0 Å². The minimum absolute atomic E-state index is 0.0496. The van der Waals surface area contributed by atoms with Crippen molar-refractivity contribution in [2.24, 2.45) is 11.3 Å². The molecule has 4 heterocycles. The molecular formula is C24H31N5O2. The van der Waals surface area contributed by atoms with Gasteiger partial charge in [-0.15, -0.1) is 0 Å². The van der Waals surface area contributed by atoms with Crippen LogP contribution in [0.15, 0.2) is 37.1 Å². The molecule has 1 aliphatic carbocycles. The fourth-order valence-corrected chi connectivity index (χ4v) is 5.37. The van der Waals surface area contributed by atoms with Gasteiger partial charge in [0.15, 0.2) is 0 Å². The molecule has 5 rings (SSSR count). The zero-order chi connectivity index (χ0) is 21.6. The summed E-state index contributed by atoms with van der Waals surface area (Å²) in [6.07, 6.45) is 11.3. The number of imidazole rings is 1. The van der Waals surface area contributed by atoms with Crippen LogP contribution in [-0.4, -0.2) is 55.8 Å². The SMILES string of the molecule is CC(C)n1cnc([C@H]2CN(C(=O)C3CCC3)C[C@]23CCN(Cc2ccncc2)C3=O)c1. The van der Waals surface area contributed by atoms with Crippen LogP contribution < -0.4 is 0 Å². The molecular weight excluding hydrogens is 390 g/mol. The predicted molar refractivity (Wildman–Crippen MR) is 116 cm³/mol. The van der Waals surface area contributed by atoms with Gasteiger partial charge in [0.2, 0.25) is 11.8 Å². The first-order valence-electron chi connectivity index (χ1n) is 11.5. The highest BCUT2D eigenvalue weighted by Crippen LogP contribution is 2.50. The van der Waals surface area contributed by atoms with Gasteiger partial charge in [0, 0.05) is 62.6 Å². The number of hydrogen-bond acceptors (Lipinski definition) is 4. The third-order valence-corrected chi connectivity index (χ3v) is 7.55. The molecule has 2 saturated heterocycles. The zero-order valence-electron chi connectivity index (χ0n) is 18.4. The van der Waals surface area contributed by atoms with E-state index in [9.17, 15) is 9.59 Å². The van der Waals surface area contributed by atoms with Crippen LogP contribution in [0.5, 0.6) is 0 Å². The van der Waals surface area contributed by atoms with Gasteiger partial charge in [0.05, 0.1) is 17.4 Å². The van der Waals surface area contributed by atoms with E-state index < -0.39 is 5.41 Å². The fraction of sp³-hybridized carbons (Fsp3) is 0.583. The van der Waals surface area contributed by atoms with E-state index >= 15 is 0 Å². The molecule has 0 N–H and O–H groups in total. The number of nitrogens with zero attached hydrogens (tertiary/aromatic N) is 5. The summed E-state index contributed by atoms with van der Waals surface area (Å²) in [4.78, 5) is 39.6. The predicted octanol–water partition coefficient (Wildman–Crippen LogP) is 3.00. The summed E-state index contributed by atoms with van der Waals surface area (Å²) in [5.74, 6) is 0.494. The molecule has 1 spiro atoms. The molecule has 2 amide bonds. The lowest BCUT2D eigenvalue weighted by Crippen LogP contribution is -2.42. The van der Waals surface area contributed by atoms with Gasteiger partial charge in [-0.25, -0.2) is 4.98 Å². The highest BCUT2D eigenvalue weighted by atomic mass is 16.2. The Balaban J connectivity index is 1.44. The van der Waals surface area contributed by atoms with E-state index in [0.717, 1.165) is 36.9 Å². The quantitative estimate of drug-likeness (QED) is 0.744. The lowest BCUT2D eigenvalue weighted by Gasteiger charge is -2.30. The molecule has 7 heteroatoms. The van der Waals surface area contributed by atoms with Crippen molar-refractivity contribution >= 4 is 11.8 Å². The Morgan fingerprint density at radius 3 is 2.68 bits per heavy atom. The molecule has 0 aromatic carbocycles. The summed E-state index contributed by atoms with van der Waals surface area (Å²) >= 11 is 0. The van der Waals surface area contributed by atoms with Crippen molar-refractivity contribution < 1.29 is 9.59 Å². The first-order valence-corrected chi connectivity index (χ1v) is 11.5. The van der Waals surface area contributed by atoms with Crippen LogP contribution in [0.1, 0.15) is 62.7 Å². The molecule has 0 bridgehead atoms. The average Bonchev–Trinajstić information content (AvgIpc) is 3.42. The first-order chi connectivity index (χ1) is 15.0. The molecule has 3 aliphatic rings. The van der Waals surface area contributed by atoms with Crippen molar-refractivity contribution in [1.82, 2.24) is 24.3 Å². The second kappa shape index (κ2) is 7.77. The van der Waals surface area contributed by atoms with Crippen molar-refractivity contribution in [3.8, 4) is 0 Å². The van der Waals surface area contributed by atoms with Gasteiger partial charge >= 0.3 is 0 Å². The molecule has 31 heavy (non-hydrogen) atoms. The van der Waals surface area contributed by atoms with E-state index in [2.05, 4.69) is 29.6 Å². The molecule has 0 unspecified atom stereocenters. The third-order valence-electron chi connectivity index (χ3n) is 7.55. The van der Waals surface area contributed by atoms with Gasteiger partial charge in [-0.1, -0.05) is 6.42 Å². The lowest BCUT2D eigenvalue weighted by atomic mass is 9.75. The Bertz CT molecular complexity index is 967. The number of likely N-dealkylation sites (tertiary alicyclic amines) is 2. The normalized spacial score (nSPS) is 26.3. The molecule has 3 fully saturated rings. The van der Waals surface area contributed by atoms with Crippen molar-refractivity contribution in [1.29, 1.82) is 0 Å². The summed E-state index contributed by atoms with van der Waals surface area (Å²) in [5, 5.41) is 0. The Kier molecular flexibility index (Phi) is 5.07. The van der Waals surface area contributed by atoms with Crippen molar-refractivity contribution in [2.75, 3.05) is 19.6 Å². The first kappa shape index (κ1) is 20.2. The monoisotopic (exact) mass is 421 g/mol. The standard InChI is InChI=1S/C24H31N5O2/c1-17(2)29-14-21(26-16-29)20-13-28(22(30)19-4-3-5-19)15-24(20)8-11-27(23(24)31)12-18-6-9-25-10-7-18/h6-7,9-10,14,16-17,19-20H,3-5,8,11-13,15H2,1-2H3/t20-,24-/m1/s1.